The number of nitrogens with two attached hydrogens (primary N) is 1. The molecule has 3 N–H and O–H groups in total. The number of alkyl halides is 3. The van der Waals surface area contributed by atoms with Crippen LogP contribution in [0.15, 0.2) is 18.2 Å². The van der Waals surface area contributed by atoms with Crippen molar-refractivity contribution in [3.63, 3.8) is 0 Å². The third kappa shape index (κ3) is 3.36. The van der Waals surface area contributed by atoms with Gasteiger partial charge in [-0.15, -0.1) is 0 Å². The van der Waals surface area contributed by atoms with Gasteiger partial charge in [0.2, 0.25) is 5.91 Å². The topological polar surface area (TPSA) is 58.4 Å². The van der Waals surface area contributed by atoms with Gasteiger partial charge in [0.05, 0.1) is 23.5 Å². The van der Waals surface area contributed by atoms with Gasteiger partial charge in [-0.1, -0.05) is 0 Å². The first-order valence-electron chi connectivity index (χ1n) is 5.14. The van der Waals surface area contributed by atoms with Crippen LogP contribution in [0.25, 0.3) is 0 Å². The van der Waals surface area contributed by atoms with Gasteiger partial charge in [0.25, 0.3) is 0 Å². The Balaban J connectivity index is 3.20. The van der Waals surface area contributed by atoms with Gasteiger partial charge in [0, 0.05) is 14.1 Å². The van der Waals surface area contributed by atoms with Crippen LogP contribution in [-0.2, 0) is 11.0 Å². The molecule has 0 radical (unpaired) electrons. The number of nitrogens with one attached hydrogen (secondary N) is 1. The molecular weight excluding hydrogens is 247 g/mol. The quantitative estimate of drug-likeness (QED) is 0.870. The van der Waals surface area contributed by atoms with Crippen LogP contribution in [0.4, 0.5) is 24.5 Å². The van der Waals surface area contributed by atoms with E-state index in [1.54, 1.807) is 19.0 Å². The van der Waals surface area contributed by atoms with Gasteiger partial charge < -0.3 is 16.0 Å². The summed E-state index contributed by atoms with van der Waals surface area (Å²) in [7, 11) is 3.33. The van der Waals surface area contributed by atoms with E-state index in [1.165, 1.54) is 6.07 Å². The van der Waals surface area contributed by atoms with Gasteiger partial charge in [-0.25, -0.2) is 0 Å². The molecule has 0 aliphatic carbocycles. The molecule has 0 saturated heterocycles. The molecule has 4 nitrogen and oxygen atoms in total. The summed E-state index contributed by atoms with van der Waals surface area (Å²) in [5.41, 5.74) is 4.87. The monoisotopic (exact) mass is 261 g/mol. The van der Waals surface area contributed by atoms with E-state index >= 15 is 0 Å². The van der Waals surface area contributed by atoms with Crippen molar-refractivity contribution >= 4 is 17.3 Å². The second kappa shape index (κ2) is 5.26. The van der Waals surface area contributed by atoms with Crippen LogP contribution < -0.4 is 16.0 Å². The van der Waals surface area contributed by atoms with E-state index in [0.29, 0.717) is 5.69 Å². The lowest BCUT2D eigenvalue weighted by Gasteiger charge is -2.19. The second-order valence-electron chi connectivity index (χ2n) is 3.88. The number of amides is 1. The molecule has 7 heteroatoms. The second-order valence-corrected chi connectivity index (χ2v) is 3.88. The summed E-state index contributed by atoms with van der Waals surface area (Å²) in [5.74, 6) is -0.544. The number of benzene rings is 1. The fourth-order valence-corrected chi connectivity index (χ4v) is 1.40. The molecule has 100 valence electrons. The Morgan fingerprint density at radius 2 is 2.00 bits per heavy atom. The smallest absolute Gasteiger partial charge is 0.376 e. The molecule has 1 amide bonds. The first kappa shape index (κ1) is 14.3. The molecule has 0 fully saturated rings. The minimum absolute atomic E-state index is 0.0882. The number of halogens is 3. The molecule has 0 saturated carbocycles. The summed E-state index contributed by atoms with van der Waals surface area (Å²) in [6, 6.07) is 3.16. The molecule has 0 aromatic heterocycles. The lowest BCUT2D eigenvalue weighted by molar-refractivity contribution is -0.137. The van der Waals surface area contributed by atoms with Crippen molar-refractivity contribution in [3.8, 4) is 0 Å². The van der Waals surface area contributed by atoms with E-state index in [4.69, 9.17) is 5.73 Å². The SMILES string of the molecule is CN(C)c1ccc(C(F)(F)F)cc1NC(=O)CN. The van der Waals surface area contributed by atoms with Gasteiger partial charge in [-0.05, 0) is 18.2 Å². The predicted molar refractivity (Wildman–Crippen MR) is 63.5 cm³/mol. The molecular formula is C11H14F3N3O. The number of carbonyl (C=O) groups is 1. The van der Waals surface area contributed by atoms with Gasteiger partial charge in [-0.2, -0.15) is 13.2 Å². The van der Waals surface area contributed by atoms with E-state index < -0.39 is 17.6 Å². The summed E-state index contributed by atoms with van der Waals surface area (Å²) >= 11 is 0. The molecule has 1 rings (SSSR count). The lowest BCUT2D eigenvalue weighted by atomic mass is 10.1. The number of rotatable bonds is 3. The lowest BCUT2D eigenvalue weighted by Crippen LogP contribution is -2.24. The van der Waals surface area contributed by atoms with Crippen molar-refractivity contribution in [1.29, 1.82) is 0 Å². The zero-order valence-electron chi connectivity index (χ0n) is 10.0. The van der Waals surface area contributed by atoms with Gasteiger partial charge in [0.15, 0.2) is 0 Å². The van der Waals surface area contributed by atoms with Crippen molar-refractivity contribution < 1.29 is 18.0 Å². The number of hydrogen-bond acceptors (Lipinski definition) is 3. The van der Waals surface area contributed by atoms with Crippen molar-refractivity contribution in [3.05, 3.63) is 23.8 Å². The largest absolute Gasteiger partial charge is 0.416 e. The number of carbonyl (C=O) groups excluding carboxylic acids is 1. The Bertz CT molecular complexity index is 444. The molecule has 0 aliphatic heterocycles. The first-order chi connectivity index (χ1) is 8.25. The number of nitrogens with zero attached hydrogens (tertiary/aromatic N) is 1. The Labute approximate surface area is 103 Å². The maximum Gasteiger partial charge on any atom is 0.416 e. The maximum atomic E-state index is 12.6. The standard InChI is InChI=1S/C11H14F3N3O/c1-17(2)9-4-3-7(11(12,13)14)5-8(9)16-10(18)6-15/h3-5H,6,15H2,1-2H3,(H,16,18). The average Bonchev–Trinajstić information content (AvgIpc) is 2.27. The highest BCUT2D eigenvalue weighted by Crippen LogP contribution is 2.34. The third-order valence-corrected chi connectivity index (χ3v) is 2.27. The summed E-state index contributed by atoms with van der Waals surface area (Å²) < 4.78 is 37.7. The summed E-state index contributed by atoms with van der Waals surface area (Å²) in [6.07, 6.45) is -4.45. The van der Waals surface area contributed by atoms with Crippen LogP contribution in [0.2, 0.25) is 0 Å². The van der Waals surface area contributed by atoms with Crippen LogP contribution in [0.3, 0.4) is 0 Å². The molecule has 18 heavy (non-hydrogen) atoms. The average molecular weight is 261 g/mol. The Morgan fingerprint density at radius 3 is 2.44 bits per heavy atom. The van der Waals surface area contributed by atoms with Gasteiger partial charge >= 0.3 is 6.18 Å². The highest BCUT2D eigenvalue weighted by molar-refractivity contribution is 5.95. The highest BCUT2D eigenvalue weighted by atomic mass is 19.4. The van der Waals surface area contributed by atoms with E-state index in [9.17, 15) is 18.0 Å². The van der Waals surface area contributed by atoms with Crippen LogP contribution in [0, 0.1) is 0 Å². The van der Waals surface area contributed by atoms with Crippen LogP contribution in [-0.4, -0.2) is 26.5 Å². The van der Waals surface area contributed by atoms with E-state index in [2.05, 4.69) is 5.32 Å². The zero-order valence-corrected chi connectivity index (χ0v) is 10.0. The minimum atomic E-state index is -4.45. The highest BCUT2D eigenvalue weighted by Gasteiger charge is 2.31. The molecule has 0 unspecified atom stereocenters. The molecule has 1 aromatic carbocycles. The fourth-order valence-electron chi connectivity index (χ4n) is 1.40. The summed E-state index contributed by atoms with van der Waals surface area (Å²) in [4.78, 5) is 12.8. The van der Waals surface area contributed by atoms with E-state index in [-0.39, 0.29) is 12.2 Å². The molecule has 0 aliphatic rings. The van der Waals surface area contributed by atoms with Crippen molar-refractivity contribution in [2.45, 2.75) is 6.18 Å². The first-order valence-corrected chi connectivity index (χ1v) is 5.14. The third-order valence-electron chi connectivity index (χ3n) is 2.27. The molecule has 1 aromatic rings. The number of anilines is 2. The van der Waals surface area contributed by atoms with Crippen molar-refractivity contribution in [1.82, 2.24) is 0 Å². The van der Waals surface area contributed by atoms with Crippen molar-refractivity contribution in [2.75, 3.05) is 30.9 Å². The normalized spacial score (nSPS) is 11.2. The predicted octanol–water partition coefficient (Wildman–Crippen LogP) is 1.67. The molecule has 0 heterocycles. The summed E-state index contributed by atoms with van der Waals surface area (Å²) in [6.45, 7) is -0.289. The summed E-state index contributed by atoms with van der Waals surface area (Å²) in [5, 5.41) is 2.35. The molecule has 0 atom stereocenters. The van der Waals surface area contributed by atoms with Gasteiger partial charge in [-0.3, -0.25) is 4.79 Å². The van der Waals surface area contributed by atoms with Crippen molar-refractivity contribution in [2.24, 2.45) is 5.73 Å². The Morgan fingerprint density at radius 1 is 1.39 bits per heavy atom. The van der Waals surface area contributed by atoms with E-state index in [1.807, 2.05) is 0 Å². The number of hydrogen-bond donors (Lipinski definition) is 2. The minimum Gasteiger partial charge on any atom is -0.376 e. The zero-order chi connectivity index (χ0) is 13.9. The Kier molecular flexibility index (Phi) is 4.18. The van der Waals surface area contributed by atoms with E-state index in [0.717, 1.165) is 12.1 Å². The van der Waals surface area contributed by atoms with Crippen LogP contribution >= 0.6 is 0 Å². The van der Waals surface area contributed by atoms with Crippen LogP contribution in [0.1, 0.15) is 5.56 Å². The maximum absolute atomic E-state index is 12.6. The molecule has 0 spiro atoms. The van der Waals surface area contributed by atoms with Crippen LogP contribution in [0.5, 0.6) is 0 Å². The Hall–Kier alpha value is -1.76. The molecule has 0 bridgehead atoms. The van der Waals surface area contributed by atoms with Gasteiger partial charge in [0.1, 0.15) is 0 Å². The fraction of sp³-hybridized carbons (Fsp3) is 0.364.